The lowest BCUT2D eigenvalue weighted by atomic mass is 10.0. The number of hydrogen-bond donors (Lipinski definition) is 1. The normalized spacial score (nSPS) is 12.4. The minimum absolute atomic E-state index is 0.525. The van der Waals surface area contributed by atoms with Gasteiger partial charge in [-0.05, 0) is 18.6 Å². The molecule has 1 unspecified atom stereocenters. The molecule has 0 saturated heterocycles. The van der Waals surface area contributed by atoms with Gasteiger partial charge in [0.1, 0.15) is 5.75 Å². The lowest BCUT2D eigenvalue weighted by molar-refractivity contribution is 0.174. The summed E-state index contributed by atoms with van der Waals surface area (Å²) in [5.74, 6) is 0.731. The van der Waals surface area contributed by atoms with Crippen LogP contribution in [0.3, 0.4) is 0 Å². The lowest BCUT2D eigenvalue weighted by Crippen LogP contribution is -2.04. The van der Waals surface area contributed by atoms with Crippen molar-refractivity contribution in [3.63, 3.8) is 0 Å². The standard InChI is InChI=1S/C13H15NO2S/c1-9-3-4-10(12(7-9)16-2)11(15)8-13-14-5-6-17-13/h3-7,11,15H,8H2,1-2H3. The fourth-order valence-corrected chi connectivity index (χ4v) is 2.38. The van der Waals surface area contributed by atoms with Crippen molar-refractivity contribution >= 4 is 11.3 Å². The first-order chi connectivity index (χ1) is 8.20. The van der Waals surface area contributed by atoms with Crippen LogP contribution in [0.2, 0.25) is 0 Å². The van der Waals surface area contributed by atoms with Gasteiger partial charge in [0.2, 0.25) is 0 Å². The Kier molecular flexibility index (Phi) is 3.76. The van der Waals surface area contributed by atoms with Gasteiger partial charge in [-0.2, -0.15) is 0 Å². The number of rotatable bonds is 4. The third-order valence-electron chi connectivity index (χ3n) is 2.60. The maximum Gasteiger partial charge on any atom is 0.124 e. The molecule has 1 atom stereocenters. The number of aliphatic hydroxyl groups excluding tert-OH is 1. The van der Waals surface area contributed by atoms with Crippen LogP contribution in [0, 0.1) is 6.92 Å². The quantitative estimate of drug-likeness (QED) is 0.906. The third-order valence-corrected chi connectivity index (χ3v) is 3.40. The highest BCUT2D eigenvalue weighted by atomic mass is 32.1. The number of ether oxygens (including phenoxy) is 1. The summed E-state index contributed by atoms with van der Waals surface area (Å²) in [7, 11) is 1.62. The highest BCUT2D eigenvalue weighted by Gasteiger charge is 2.15. The summed E-state index contributed by atoms with van der Waals surface area (Å²) in [6.45, 7) is 2.00. The zero-order valence-electron chi connectivity index (χ0n) is 9.88. The maximum absolute atomic E-state index is 10.2. The number of thiazole rings is 1. The Morgan fingerprint density at radius 3 is 2.94 bits per heavy atom. The second-order valence-electron chi connectivity index (χ2n) is 3.89. The van der Waals surface area contributed by atoms with E-state index in [1.165, 1.54) is 0 Å². The summed E-state index contributed by atoms with van der Waals surface area (Å²) < 4.78 is 5.29. The van der Waals surface area contributed by atoms with Gasteiger partial charge < -0.3 is 9.84 Å². The maximum atomic E-state index is 10.2. The Morgan fingerprint density at radius 1 is 1.47 bits per heavy atom. The molecule has 0 aliphatic carbocycles. The van der Waals surface area contributed by atoms with Crippen molar-refractivity contribution in [1.82, 2.24) is 4.98 Å². The molecule has 0 fully saturated rings. The van der Waals surface area contributed by atoms with Crippen LogP contribution in [0.1, 0.15) is 22.2 Å². The molecule has 1 aromatic carbocycles. The minimum Gasteiger partial charge on any atom is -0.496 e. The molecule has 0 saturated carbocycles. The Morgan fingerprint density at radius 2 is 2.29 bits per heavy atom. The predicted molar refractivity (Wildman–Crippen MR) is 68.5 cm³/mol. The number of nitrogens with zero attached hydrogens (tertiary/aromatic N) is 1. The fraction of sp³-hybridized carbons (Fsp3) is 0.308. The fourth-order valence-electron chi connectivity index (χ4n) is 1.72. The van der Waals surface area contributed by atoms with Crippen molar-refractivity contribution in [3.8, 4) is 5.75 Å². The summed E-state index contributed by atoms with van der Waals surface area (Å²) in [5, 5.41) is 13.0. The average Bonchev–Trinajstić information content (AvgIpc) is 2.81. The molecule has 4 heteroatoms. The van der Waals surface area contributed by atoms with Crippen molar-refractivity contribution in [2.75, 3.05) is 7.11 Å². The minimum atomic E-state index is -0.573. The molecule has 2 rings (SSSR count). The number of benzene rings is 1. The van der Waals surface area contributed by atoms with Crippen LogP contribution < -0.4 is 4.74 Å². The van der Waals surface area contributed by atoms with Gasteiger partial charge >= 0.3 is 0 Å². The Labute approximate surface area is 105 Å². The van der Waals surface area contributed by atoms with Gasteiger partial charge in [-0.15, -0.1) is 11.3 Å². The van der Waals surface area contributed by atoms with Gasteiger partial charge in [-0.3, -0.25) is 0 Å². The highest BCUT2D eigenvalue weighted by molar-refractivity contribution is 7.09. The van der Waals surface area contributed by atoms with Crippen molar-refractivity contribution < 1.29 is 9.84 Å². The molecular weight excluding hydrogens is 234 g/mol. The van der Waals surface area contributed by atoms with Crippen LogP contribution in [0.15, 0.2) is 29.8 Å². The van der Waals surface area contributed by atoms with Gasteiger partial charge in [0.05, 0.1) is 18.2 Å². The van der Waals surface area contributed by atoms with Crippen LogP contribution in [0.25, 0.3) is 0 Å². The van der Waals surface area contributed by atoms with Crippen LogP contribution >= 0.6 is 11.3 Å². The molecule has 1 heterocycles. The summed E-state index contributed by atoms with van der Waals surface area (Å²) in [5.41, 5.74) is 1.93. The van der Waals surface area contributed by atoms with Crippen molar-refractivity contribution in [1.29, 1.82) is 0 Å². The first kappa shape index (κ1) is 12.1. The first-order valence-electron chi connectivity index (χ1n) is 5.41. The zero-order chi connectivity index (χ0) is 12.3. The van der Waals surface area contributed by atoms with E-state index in [0.29, 0.717) is 6.42 Å². The molecule has 90 valence electrons. The summed E-state index contributed by atoms with van der Waals surface area (Å²) in [6.07, 6.45) is 1.70. The molecule has 0 aliphatic heterocycles. The van der Waals surface area contributed by atoms with Crippen molar-refractivity contribution in [2.45, 2.75) is 19.4 Å². The second-order valence-corrected chi connectivity index (χ2v) is 4.87. The molecule has 0 aliphatic rings. The largest absolute Gasteiger partial charge is 0.496 e. The predicted octanol–water partition coefficient (Wildman–Crippen LogP) is 2.74. The van der Waals surface area contributed by atoms with Gasteiger partial charge in [0.25, 0.3) is 0 Å². The van der Waals surface area contributed by atoms with Crippen LogP contribution in [-0.4, -0.2) is 17.2 Å². The Hall–Kier alpha value is -1.39. The van der Waals surface area contributed by atoms with Crippen molar-refractivity contribution in [3.05, 3.63) is 45.9 Å². The van der Waals surface area contributed by atoms with Crippen molar-refractivity contribution in [2.24, 2.45) is 0 Å². The van der Waals surface area contributed by atoms with E-state index < -0.39 is 6.10 Å². The second kappa shape index (κ2) is 5.29. The van der Waals surface area contributed by atoms with Gasteiger partial charge in [0, 0.05) is 23.6 Å². The molecule has 0 amide bonds. The summed E-state index contributed by atoms with van der Waals surface area (Å²) >= 11 is 1.55. The number of aliphatic hydroxyl groups is 1. The molecule has 0 bridgehead atoms. The SMILES string of the molecule is COc1cc(C)ccc1C(O)Cc1nccs1. The van der Waals surface area contributed by atoms with E-state index in [4.69, 9.17) is 4.74 Å². The van der Waals surface area contributed by atoms with Gasteiger partial charge in [-0.1, -0.05) is 12.1 Å². The molecule has 1 aromatic heterocycles. The molecule has 0 radical (unpaired) electrons. The smallest absolute Gasteiger partial charge is 0.124 e. The molecule has 2 aromatic rings. The number of methoxy groups -OCH3 is 1. The molecule has 0 spiro atoms. The van der Waals surface area contributed by atoms with E-state index in [2.05, 4.69) is 4.98 Å². The van der Waals surface area contributed by atoms with E-state index in [1.807, 2.05) is 30.5 Å². The third kappa shape index (κ3) is 2.84. The molecule has 1 N–H and O–H groups in total. The van der Waals surface area contributed by atoms with Crippen LogP contribution in [0.5, 0.6) is 5.75 Å². The van der Waals surface area contributed by atoms with Crippen LogP contribution in [-0.2, 0) is 6.42 Å². The molecular formula is C13H15NO2S. The molecule has 3 nitrogen and oxygen atoms in total. The zero-order valence-corrected chi connectivity index (χ0v) is 10.7. The Balaban J connectivity index is 2.21. The number of aromatic nitrogens is 1. The monoisotopic (exact) mass is 249 g/mol. The highest BCUT2D eigenvalue weighted by Crippen LogP contribution is 2.28. The summed E-state index contributed by atoms with van der Waals surface area (Å²) in [6, 6.07) is 5.82. The van der Waals surface area contributed by atoms with E-state index >= 15 is 0 Å². The average molecular weight is 249 g/mol. The Bertz CT molecular complexity index is 482. The lowest BCUT2D eigenvalue weighted by Gasteiger charge is -2.14. The summed E-state index contributed by atoms with van der Waals surface area (Å²) in [4.78, 5) is 4.17. The topological polar surface area (TPSA) is 42.4 Å². The van der Waals surface area contributed by atoms with E-state index in [-0.39, 0.29) is 0 Å². The number of hydrogen-bond acceptors (Lipinski definition) is 4. The van der Waals surface area contributed by atoms with E-state index in [1.54, 1.807) is 24.6 Å². The van der Waals surface area contributed by atoms with E-state index in [9.17, 15) is 5.11 Å². The first-order valence-corrected chi connectivity index (χ1v) is 6.29. The molecule has 17 heavy (non-hydrogen) atoms. The van der Waals surface area contributed by atoms with Crippen LogP contribution in [0.4, 0.5) is 0 Å². The number of aryl methyl sites for hydroxylation is 1. The van der Waals surface area contributed by atoms with Gasteiger partial charge in [0.15, 0.2) is 0 Å². The van der Waals surface area contributed by atoms with E-state index in [0.717, 1.165) is 21.9 Å². The van der Waals surface area contributed by atoms with Gasteiger partial charge in [-0.25, -0.2) is 4.98 Å².